The number of aryl methyl sites for hydroxylation is 1. The molecule has 208 valence electrons. The van der Waals surface area contributed by atoms with Crippen molar-refractivity contribution in [2.24, 2.45) is 9.98 Å². The van der Waals surface area contributed by atoms with Gasteiger partial charge < -0.3 is 15.1 Å². The molecule has 0 bridgehead atoms. The molecule has 1 saturated heterocycles. The third-order valence-corrected chi connectivity index (χ3v) is 8.24. The number of anilines is 2. The number of hydrogen-bond acceptors (Lipinski definition) is 7. The van der Waals surface area contributed by atoms with Crippen LogP contribution in [0.4, 0.5) is 17.1 Å². The summed E-state index contributed by atoms with van der Waals surface area (Å²) in [5.74, 6) is -0.0303. The molecule has 1 atom stereocenters. The lowest BCUT2D eigenvalue weighted by atomic mass is 10.1. The maximum atomic E-state index is 13.6. The van der Waals surface area contributed by atoms with Crippen LogP contribution >= 0.6 is 11.8 Å². The predicted molar refractivity (Wildman–Crippen MR) is 163 cm³/mol. The maximum absolute atomic E-state index is 13.6. The summed E-state index contributed by atoms with van der Waals surface area (Å²) >= 11 is 1.18. The number of amides is 3. The second kappa shape index (κ2) is 11.6. The Kier molecular flexibility index (Phi) is 7.56. The van der Waals surface area contributed by atoms with E-state index in [-0.39, 0.29) is 29.9 Å². The quantitative estimate of drug-likeness (QED) is 0.485. The SMILES string of the molecule is Cc1cccc(NC(=O)CSC2=Nc3ccccc3C3=N[C@H](CC(=O)N4CCN(c5ccccc5)CC4)C(=O)N23)c1. The second-order valence-corrected chi connectivity index (χ2v) is 11.1. The Morgan fingerprint density at radius 2 is 1.71 bits per heavy atom. The normalized spacial score (nSPS) is 17.9. The monoisotopic (exact) mass is 566 g/mol. The fourth-order valence-electron chi connectivity index (χ4n) is 5.23. The predicted octanol–water partition coefficient (Wildman–Crippen LogP) is 4.06. The first-order valence-electron chi connectivity index (χ1n) is 13.6. The number of fused-ring (bicyclic) bond motifs is 3. The molecule has 3 amide bonds. The molecule has 0 unspecified atom stereocenters. The van der Waals surface area contributed by atoms with Crippen LogP contribution in [0.2, 0.25) is 0 Å². The van der Waals surface area contributed by atoms with Crippen molar-refractivity contribution in [1.82, 2.24) is 9.80 Å². The van der Waals surface area contributed by atoms with Gasteiger partial charge in [-0.15, -0.1) is 0 Å². The number of nitrogens with zero attached hydrogens (tertiary/aromatic N) is 5. The Morgan fingerprint density at radius 1 is 0.951 bits per heavy atom. The van der Waals surface area contributed by atoms with Crippen LogP contribution in [0, 0.1) is 6.92 Å². The largest absolute Gasteiger partial charge is 0.368 e. The Balaban J connectivity index is 1.13. The van der Waals surface area contributed by atoms with Gasteiger partial charge in [-0.2, -0.15) is 0 Å². The van der Waals surface area contributed by atoms with E-state index in [4.69, 9.17) is 9.98 Å². The van der Waals surface area contributed by atoms with E-state index in [2.05, 4.69) is 22.3 Å². The summed E-state index contributed by atoms with van der Waals surface area (Å²) in [7, 11) is 0. The summed E-state index contributed by atoms with van der Waals surface area (Å²) in [5, 5.41) is 3.28. The Morgan fingerprint density at radius 3 is 2.49 bits per heavy atom. The van der Waals surface area contributed by atoms with Crippen molar-refractivity contribution >= 4 is 57.5 Å². The van der Waals surface area contributed by atoms with Gasteiger partial charge in [0.25, 0.3) is 5.91 Å². The van der Waals surface area contributed by atoms with Gasteiger partial charge in [-0.05, 0) is 48.9 Å². The van der Waals surface area contributed by atoms with Gasteiger partial charge >= 0.3 is 0 Å². The van der Waals surface area contributed by atoms with Crippen molar-refractivity contribution in [3.8, 4) is 0 Å². The maximum Gasteiger partial charge on any atom is 0.259 e. The average Bonchev–Trinajstić information content (AvgIpc) is 3.32. The van der Waals surface area contributed by atoms with E-state index in [0.717, 1.165) is 29.9 Å². The smallest absolute Gasteiger partial charge is 0.259 e. The number of rotatable bonds is 6. The standard InChI is InChI=1S/C31H30N6O3S/c1-21-8-7-9-22(18-21)32-27(38)20-41-31-34-25-13-6-5-12-24(25)29-33-26(30(40)37(29)31)19-28(39)36-16-14-35(15-17-36)23-10-3-2-4-11-23/h2-13,18,26H,14-17,19-20H2,1H3,(H,32,38)/t26-/m1/s1. The van der Waals surface area contributed by atoms with E-state index in [1.807, 2.05) is 78.6 Å². The van der Waals surface area contributed by atoms with Crippen LogP contribution in [0.25, 0.3) is 0 Å². The van der Waals surface area contributed by atoms with Gasteiger partial charge in [-0.25, -0.2) is 9.89 Å². The molecule has 41 heavy (non-hydrogen) atoms. The molecular weight excluding hydrogens is 536 g/mol. The summed E-state index contributed by atoms with van der Waals surface area (Å²) in [6, 6.07) is 24.4. The van der Waals surface area contributed by atoms with Crippen LogP contribution in [0.5, 0.6) is 0 Å². The zero-order valence-corrected chi connectivity index (χ0v) is 23.5. The van der Waals surface area contributed by atoms with Crippen LogP contribution < -0.4 is 10.2 Å². The van der Waals surface area contributed by atoms with Gasteiger partial charge in [-0.3, -0.25) is 19.4 Å². The van der Waals surface area contributed by atoms with Gasteiger partial charge in [-0.1, -0.05) is 54.2 Å². The van der Waals surface area contributed by atoms with Crippen molar-refractivity contribution in [3.05, 3.63) is 90.0 Å². The van der Waals surface area contributed by atoms with Gasteiger partial charge in [0.05, 0.1) is 17.9 Å². The summed E-state index contributed by atoms with van der Waals surface area (Å²) in [4.78, 5) is 54.6. The number of amidine groups is 2. The molecule has 0 radical (unpaired) electrons. The number of thioether (sulfide) groups is 1. The summed E-state index contributed by atoms with van der Waals surface area (Å²) < 4.78 is 0. The van der Waals surface area contributed by atoms with Crippen LogP contribution in [0.15, 0.2) is 88.8 Å². The lowest BCUT2D eigenvalue weighted by molar-refractivity contribution is -0.135. The molecule has 1 fully saturated rings. The first-order valence-corrected chi connectivity index (χ1v) is 14.6. The summed E-state index contributed by atoms with van der Waals surface area (Å²) in [5.41, 5.74) is 4.33. The first-order chi connectivity index (χ1) is 20.0. The van der Waals surface area contributed by atoms with E-state index in [0.29, 0.717) is 35.5 Å². The number of benzene rings is 3. The topological polar surface area (TPSA) is 97.7 Å². The third-order valence-electron chi connectivity index (χ3n) is 7.30. The molecule has 3 aromatic carbocycles. The van der Waals surface area contributed by atoms with E-state index >= 15 is 0 Å². The number of para-hydroxylation sites is 2. The number of nitrogens with one attached hydrogen (secondary N) is 1. The van der Waals surface area contributed by atoms with Crippen LogP contribution in [0.3, 0.4) is 0 Å². The number of piperazine rings is 1. The van der Waals surface area contributed by atoms with E-state index < -0.39 is 6.04 Å². The highest BCUT2D eigenvalue weighted by Crippen LogP contribution is 2.34. The molecule has 0 spiro atoms. The minimum absolute atomic E-state index is 0.00186. The van der Waals surface area contributed by atoms with Crippen molar-refractivity contribution in [2.75, 3.05) is 42.1 Å². The minimum atomic E-state index is -0.831. The van der Waals surface area contributed by atoms with Crippen LogP contribution in [0.1, 0.15) is 17.5 Å². The van der Waals surface area contributed by atoms with Gasteiger partial charge in [0.15, 0.2) is 5.17 Å². The van der Waals surface area contributed by atoms with Gasteiger partial charge in [0, 0.05) is 43.1 Å². The average molecular weight is 567 g/mol. The molecule has 0 aliphatic carbocycles. The third kappa shape index (κ3) is 5.74. The van der Waals surface area contributed by atoms with E-state index in [1.165, 1.54) is 16.7 Å². The van der Waals surface area contributed by atoms with E-state index in [1.54, 1.807) is 0 Å². The fraction of sp³-hybridized carbons (Fsp3) is 0.258. The molecule has 0 aromatic heterocycles. The van der Waals surface area contributed by atoms with Crippen LogP contribution in [-0.4, -0.2) is 76.5 Å². The Labute approximate surface area is 243 Å². The van der Waals surface area contributed by atoms with Crippen molar-refractivity contribution < 1.29 is 14.4 Å². The highest BCUT2D eigenvalue weighted by molar-refractivity contribution is 8.14. The molecule has 0 saturated carbocycles. The lowest BCUT2D eigenvalue weighted by Gasteiger charge is -2.36. The first kappa shape index (κ1) is 26.8. The molecular formula is C31H30N6O3S. The second-order valence-electron chi connectivity index (χ2n) is 10.2. The number of carbonyl (C=O) groups is 3. The molecule has 3 heterocycles. The number of aliphatic imine (C=N–C) groups is 2. The summed E-state index contributed by atoms with van der Waals surface area (Å²) in [6.45, 7) is 4.62. The van der Waals surface area contributed by atoms with Crippen LogP contribution in [-0.2, 0) is 14.4 Å². The lowest BCUT2D eigenvalue weighted by Crippen LogP contribution is -2.49. The zero-order valence-electron chi connectivity index (χ0n) is 22.7. The Bertz CT molecular complexity index is 1550. The minimum Gasteiger partial charge on any atom is -0.368 e. The van der Waals surface area contributed by atoms with E-state index in [9.17, 15) is 14.4 Å². The molecule has 10 heteroatoms. The number of carbonyl (C=O) groups excluding carboxylic acids is 3. The highest BCUT2D eigenvalue weighted by Gasteiger charge is 2.42. The van der Waals surface area contributed by atoms with Crippen molar-refractivity contribution in [3.63, 3.8) is 0 Å². The van der Waals surface area contributed by atoms with Gasteiger partial charge in [0.1, 0.15) is 11.9 Å². The fourth-order valence-corrected chi connectivity index (χ4v) is 6.03. The van der Waals surface area contributed by atoms with Gasteiger partial charge in [0.2, 0.25) is 11.8 Å². The van der Waals surface area contributed by atoms with Crippen molar-refractivity contribution in [1.29, 1.82) is 0 Å². The molecule has 6 rings (SSSR count). The molecule has 3 aromatic rings. The molecule has 3 aliphatic rings. The molecule has 9 nitrogen and oxygen atoms in total. The zero-order chi connectivity index (χ0) is 28.3. The van der Waals surface area contributed by atoms with Crippen molar-refractivity contribution in [2.45, 2.75) is 19.4 Å². The Hall–Kier alpha value is -4.44. The summed E-state index contributed by atoms with van der Waals surface area (Å²) in [6.07, 6.45) is -0.00186. The highest BCUT2D eigenvalue weighted by atomic mass is 32.2. The molecule has 1 N–H and O–H groups in total. The molecule has 3 aliphatic heterocycles. The number of hydrogen-bond donors (Lipinski definition) is 1.